The van der Waals surface area contributed by atoms with Gasteiger partial charge >= 0.3 is 0 Å². The fraction of sp³-hybridized carbons (Fsp3) is 0.368. The van der Waals surface area contributed by atoms with Crippen molar-refractivity contribution >= 4 is 5.91 Å². The molecule has 0 aliphatic carbocycles. The minimum absolute atomic E-state index is 0.0104. The molecule has 1 aromatic heterocycles. The van der Waals surface area contributed by atoms with Gasteiger partial charge in [0.05, 0.1) is 19.7 Å². The van der Waals surface area contributed by atoms with Crippen molar-refractivity contribution < 1.29 is 19.0 Å². The van der Waals surface area contributed by atoms with E-state index in [1.165, 1.54) is 0 Å². The molecular formula is C19H22N2O4. The summed E-state index contributed by atoms with van der Waals surface area (Å²) in [4.78, 5) is 18.1. The Bertz CT molecular complexity index is 712. The summed E-state index contributed by atoms with van der Waals surface area (Å²) in [6, 6.07) is 12.9. The van der Waals surface area contributed by atoms with Crippen LogP contribution in [0.3, 0.4) is 0 Å². The van der Waals surface area contributed by atoms with Gasteiger partial charge in [-0.2, -0.15) is 0 Å². The van der Waals surface area contributed by atoms with Crippen LogP contribution in [0.2, 0.25) is 0 Å². The van der Waals surface area contributed by atoms with Gasteiger partial charge in [-0.1, -0.05) is 6.07 Å². The molecule has 1 aliphatic rings. The van der Waals surface area contributed by atoms with Crippen molar-refractivity contribution in [3.05, 3.63) is 48.2 Å². The third-order valence-corrected chi connectivity index (χ3v) is 3.85. The van der Waals surface area contributed by atoms with Crippen molar-refractivity contribution in [1.29, 1.82) is 0 Å². The summed E-state index contributed by atoms with van der Waals surface area (Å²) in [6.45, 7) is 5.60. The van der Waals surface area contributed by atoms with E-state index in [2.05, 4.69) is 4.98 Å². The number of carbonyl (C=O) groups excluding carboxylic acids is 1. The average Bonchev–Trinajstić information content (AvgIpc) is 2.57. The first kappa shape index (κ1) is 17.1. The van der Waals surface area contributed by atoms with Crippen LogP contribution >= 0.6 is 0 Å². The van der Waals surface area contributed by atoms with E-state index in [0.29, 0.717) is 31.3 Å². The predicted molar refractivity (Wildman–Crippen MR) is 93.1 cm³/mol. The van der Waals surface area contributed by atoms with Crippen molar-refractivity contribution in [3.63, 3.8) is 0 Å². The third-order valence-electron chi connectivity index (χ3n) is 3.85. The number of ether oxygens (including phenoxy) is 3. The molecular weight excluding hydrogens is 320 g/mol. The minimum Gasteiger partial charge on any atom is -0.494 e. The van der Waals surface area contributed by atoms with Gasteiger partial charge < -0.3 is 19.1 Å². The van der Waals surface area contributed by atoms with Gasteiger partial charge in [-0.3, -0.25) is 4.79 Å². The lowest BCUT2D eigenvalue weighted by Crippen LogP contribution is -2.57. The Morgan fingerprint density at radius 2 is 1.80 bits per heavy atom. The molecule has 2 heterocycles. The largest absolute Gasteiger partial charge is 0.494 e. The first-order valence-electron chi connectivity index (χ1n) is 8.38. The van der Waals surface area contributed by atoms with Crippen LogP contribution in [0.25, 0.3) is 0 Å². The van der Waals surface area contributed by atoms with Gasteiger partial charge in [0.2, 0.25) is 5.88 Å². The van der Waals surface area contributed by atoms with Gasteiger partial charge in [-0.15, -0.1) is 0 Å². The van der Waals surface area contributed by atoms with E-state index in [4.69, 9.17) is 14.2 Å². The summed E-state index contributed by atoms with van der Waals surface area (Å²) in [5, 5.41) is 0. The SMILES string of the molecule is CCOc1ccc(OCC(=O)N2CC(Oc3cccc(C)n3)C2)cc1. The summed E-state index contributed by atoms with van der Waals surface area (Å²) in [6.07, 6.45) is -0.0104. The second-order valence-electron chi connectivity index (χ2n) is 5.85. The van der Waals surface area contributed by atoms with E-state index in [9.17, 15) is 4.79 Å². The quantitative estimate of drug-likeness (QED) is 0.773. The molecule has 1 aromatic carbocycles. The van der Waals surface area contributed by atoms with Crippen LogP contribution < -0.4 is 14.2 Å². The normalized spacial score (nSPS) is 13.9. The molecule has 3 rings (SSSR count). The van der Waals surface area contributed by atoms with Crippen LogP contribution in [0.15, 0.2) is 42.5 Å². The number of pyridine rings is 1. The van der Waals surface area contributed by atoms with Gasteiger partial charge in [0, 0.05) is 11.8 Å². The van der Waals surface area contributed by atoms with Gasteiger partial charge in [0.1, 0.15) is 17.6 Å². The topological polar surface area (TPSA) is 60.9 Å². The maximum absolute atomic E-state index is 12.1. The highest BCUT2D eigenvalue weighted by Gasteiger charge is 2.32. The molecule has 25 heavy (non-hydrogen) atoms. The third kappa shape index (κ3) is 4.62. The molecule has 0 radical (unpaired) electrons. The highest BCUT2D eigenvalue weighted by molar-refractivity contribution is 5.78. The standard InChI is InChI=1S/C19H22N2O4/c1-3-23-15-7-9-16(10-8-15)24-13-19(22)21-11-17(12-21)25-18-6-4-5-14(2)20-18/h4-10,17H,3,11-13H2,1-2H3. The molecule has 0 spiro atoms. The lowest BCUT2D eigenvalue weighted by molar-refractivity contribution is -0.142. The molecule has 6 heteroatoms. The molecule has 1 saturated heterocycles. The number of hydrogen-bond donors (Lipinski definition) is 0. The van der Waals surface area contributed by atoms with E-state index in [1.807, 2.05) is 44.2 Å². The van der Waals surface area contributed by atoms with Crippen LogP contribution in [0.5, 0.6) is 17.4 Å². The van der Waals surface area contributed by atoms with Crippen LogP contribution in [-0.2, 0) is 4.79 Å². The fourth-order valence-corrected chi connectivity index (χ4v) is 2.51. The first-order chi connectivity index (χ1) is 12.1. The molecule has 6 nitrogen and oxygen atoms in total. The van der Waals surface area contributed by atoms with Gasteiger partial charge in [0.25, 0.3) is 5.91 Å². The molecule has 0 bridgehead atoms. The zero-order valence-electron chi connectivity index (χ0n) is 14.5. The van der Waals surface area contributed by atoms with Crippen molar-refractivity contribution in [2.45, 2.75) is 20.0 Å². The molecule has 0 unspecified atom stereocenters. The Morgan fingerprint density at radius 3 is 2.44 bits per heavy atom. The van der Waals surface area contributed by atoms with Gasteiger partial charge in [-0.05, 0) is 44.2 Å². The van der Waals surface area contributed by atoms with E-state index < -0.39 is 0 Å². The fourth-order valence-electron chi connectivity index (χ4n) is 2.51. The molecule has 0 N–H and O–H groups in total. The Morgan fingerprint density at radius 1 is 1.12 bits per heavy atom. The monoisotopic (exact) mass is 342 g/mol. The Hall–Kier alpha value is -2.76. The maximum Gasteiger partial charge on any atom is 0.260 e. The average molecular weight is 342 g/mol. The molecule has 1 fully saturated rings. The van der Waals surface area contributed by atoms with Crippen LogP contribution in [-0.4, -0.2) is 48.2 Å². The van der Waals surface area contributed by atoms with Gasteiger partial charge in [0.15, 0.2) is 6.61 Å². The lowest BCUT2D eigenvalue weighted by atomic mass is 10.1. The van der Waals surface area contributed by atoms with Crippen molar-refractivity contribution in [2.24, 2.45) is 0 Å². The molecule has 1 amide bonds. The van der Waals surface area contributed by atoms with Crippen LogP contribution in [0.1, 0.15) is 12.6 Å². The number of aryl methyl sites for hydroxylation is 1. The highest BCUT2D eigenvalue weighted by Crippen LogP contribution is 2.19. The number of likely N-dealkylation sites (tertiary alicyclic amines) is 1. The maximum atomic E-state index is 12.1. The number of benzene rings is 1. The summed E-state index contributed by atoms with van der Waals surface area (Å²) in [7, 11) is 0. The molecule has 1 aliphatic heterocycles. The Kier molecular flexibility index (Phi) is 5.38. The number of hydrogen-bond acceptors (Lipinski definition) is 5. The summed E-state index contributed by atoms with van der Waals surface area (Å²) < 4.78 is 16.6. The Labute approximate surface area is 147 Å². The van der Waals surface area contributed by atoms with E-state index in [1.54, 1.807) is 17.0 Å². The summed E-state index contributed by atoms with van der Waals surface area (Å²) >= 11 is 0. The van der Waals surface area contributed by atoms with Crippen molar-refractivity contribution in [1.82, 2.24) is 9.88 Å². The first-order valence-corrected chi connectivity index (χ1v) is 8.38. The highest BCUT2D eigenvalue weighted by atomic mass is 16.5. The van der Waals surface area contributed by atoms with Crippen LogP contribution in [0, 0.1) is 6.92 Å². The lowest BCUT2D eigenvalue weighted by Gasteiger charge is -2.38. The second-order valence-corrected chi connectivity index (χ2v) is 5.85. The van der Waals surface area contributed by atoms with E-state index in [0.717, 1.165) is 11.4 Å². The number of rotatable bonds is 7. The Balaban J connectivity index is 1.40. The number of nitrogens with zero attached hydrogens (tertiary/aromatic N) is 2. The number of carbonyl (C=O) groups is 1. The second kappa shape index (κ2) is 7.88. The van der Waals surface area contributed by atoms with Crippen LogP contribution in [0.4, 0.5) is 0 Å². The van der Waals surface area contributed by atoms with Crippen molar-refractivity contribution in [3.8, 4) is 17.4 Å². The summed E-state index contributed by atoms with van der Waals surface area (Å²) in [5.74, 6) is 1.98. The smallest absolute Gasteiger partial charge is 0.260 e. The molecule has 0 saturated carbocycles. The van der Waals surface area contributed by atoms with Crippen molar-refractivity contribution in [2.75, 3.05) is 26.3 Å². The van der Waals surface area contributed by atoms with E-state index >= 15 is 0 Å². The number of amides is 1. The zero-order chi connectivity index (χ0) is 17.6. The molecule has 0 atom stereocenters. The molecule has 2 aromatic rings. The minimum atomic E-state index is -0.0501. The molecule has 132 valence electrons. The predicted octanol–water partition coefficient (Wildman–Crippen LogP) is 2.46. The zero-order valence-corrected chi connectivity index (χ0v) is 14.5. The van der Waals surface area contributed by atoms with E-state index in [-0.39, 0.29) is 18.6 Å². The van der Waals surface area contributed by atoms with Gasteiger partial charge in [-0.25, -0.2) is 4.98 Å². The number of aromatic nitrogens is 1. The summed E-state index contributed by atoms with van der Waals surface area (Å²) in [5.41, 5.74) is 0.911.